The molecule has 1 nitrogen and oxygen atoms in total. The molecular weight excluding hydrogens is 215 g/mol. The minimum Gasteiger partial charge on any atom is -0.294 e. The maximum absolute atomic E-state index is 13.1. The normalized spacial score (nSPS) is 11.5. The van der Waals surface area contributed by atoms with Crippen LogP contribution in [0.25, 0.3) is 0 Å². The zero-order valence-corrected chi connectivity index (χ0v) is 9.86. The molecule has 0 amide bonds. The van der Waals surface area contributed by atoms with Crippen molar-refractivity contribution in [2.45, 2.75) is 27.2 Å². The number of benzene rings is 1. The fraction of sp³-hybridized carbons (Fsp3) is 0.417. The van der Waals surface area contributed by atoms with E-state index in [2.05, 4.69) is 0 Å². The van der Waals surface area contributed by atoms with Crippen LogP contribution in [0.1, 0.15) is 37.6 Å². The number of Topliss-reactive ketones (excluding diaryl/α,β-unsaturated/α-hetero) is 1. The van der Waals surface area contributed by atoms with E-state index >= 15 is 0 Å². The van der Waals surface area contributed by atoms with Crippen molar-refractivity contribution in [3.8, 4) is 0 Å². The van der Waals surface area contributed by atoms with Crippen LogP contribution in [-0.2, 0) is 0 Å². The molecule has 0 aromatic heterocycles. The monoisotopic (exact) mass is 228 g/mol. The van der Waals surface area contributed by atoms with Gasteiger partial charge in [0.15, 0.2) is 5.78 Å². The maximum atomic E-state index is 13.1. The van der Waals surface area contributed by atoms with Gasteiger partial charge in [-0.3, -0.25) is 4.79 Å². The highest BCUT2D eigenvalue weighted by Crippen LogP contribution is 2.23. The summed E-state index contributed by atoms with van der Waals surface area (Å²) in [5.41, 5.74) is 0.291. The molecule has 3 heteroatoms. The van der Waals surface area contributed by atoms with Crippen molar-refractivity contribution in [2.24, 2.45) is 5.41 Å². The Morgan fingerprint density at radius 3 is 2.47 bits per heavy atom. The number of ketones is 1. The molecule has 0 heterocycles. The van der Waals surface area contributed by atoms with Gasteiger partial charge < -0.3 is 0 Å². The Hall–Kier alpha value is -0.890. The summed E-state index contributed by atoms with van der Waals surface area (Å²) in [6.45, 7) is 5.91. The molecule has 82 valence electrons. The van der Waals surface area contributed by atoms with E-state index in [1.54, 1.807) is 6.07 Å². The van der Waals surface area contributed by atoms with Gasteiger partial charge in [0, 0.05) is 12.0 Å². The first-order chi connectivity index (χ1) is 6.79. The number of halogens is 2. The molecule has 0 fully saturated rings. The lowest BCUT2D eigenvalue weighted by atomic mass is 9.88. The summed E-state index contributed by atoms with van der Waals surface area (Å²) in [6.07, 6.45) is 0.397. The molecule has 0 unspecified atom stereocenters. The van der Waals surface area contributed by atoms with Crippen molar-refractivity contribution < 1.29 is 9.18 Å². The van der Waals surface area contributed by atoms with Crippen molar-refractivity contribution in [3.63, 3.8) is 0 Å². The summed E-state index contributed by atoms with van der Waals surface area (Å²) >= 11 is 5.53. The van der Waals surface area contributed by atoms with Gasteiger partial charge in [-0.15, -0.1) is 0 Å². The molecule has 0 radical (unpaired) electrons. The maximum Gasteiger partial charge on any atom is 0.163 e. The Bertz CT molecular complexity index is 380. The van der Waals surface area contributed by atoms with Gasteiger partial charge in [0.25, 0.3) is 0 Å². The third-order valence-electron chi connectivity index (χ3n) is 1.93. The molecule has 1 aromatic carbocycles. The molecule has 15 heavy (non-hydrogen) atoms. The smallest absolute Gasteiger partial charge is 0.163 e. The zero-order valence-electron chi connectivity index (χ0n) is 9.10. The van der Waals surface area contributed by atoms with Crippen LogP contribution in [0.4, 0.5) is 4.39 Å². The van der Waals surface area contributed by atoms with Crippen LogP contribution in [0.5, 0.6) is 0 Å². The summed E-state index contributed by atoms with van der Waals surface area (Å²) in [7, 11) is 0. The molecule has 0 aliphatic rings. The highest BCUT2D eigenvalue weighted by molar-refractivity contribution is 6.30. The Labute approximate surface area is 94.3 Å². The third kappa shape index (κ3) is 3.63. The molecule has 0 aliphatic heterocycles. The van der Waals surface area contributed by atoms with Gasteiger partial charge in [-0.05, 0) is 23.6 Å². The number of carbonyl (C=O) groups excluding carboxylic acids is 1. The lowest BCUT2D eigenvalue weighted by molar-refractivity contribution is 0.0939. The fourth-order valence-corrected chi connectivity index (χ4v) is 1.37. The molecule has 0 spiro atoms. The topological polar surface area (TPSA) is 17.1 Å². The lowest BCUT2D eigenvalue weighted by Gasteiger charge is -2.16. The van der Waals surface area contributed by atoms with Crippen molar-refractivity contribution >= 4 is 17.4 Å². The Kier molecular flexibility index (Phi) is 3.50. The van der Waals surface area contributed by atoms with E-state index in [4.69, 9.17) is 11.6 Å². The van der Waals surface area contributed by atoms with Crippen LogP contribution < -0.4 is 0 Å². The van der Waals surface area contributed by atoms with E-state index in [1.165, 1.54) is 12.1 Å². The molecule has 0 saturated carbocycles. The second kappa shape index (κ2) is 4.31. The summed E-state index contributed by atoms with van der Waals surface area (Å²) in [5.74, 6) is -0.602. The van der Waals surface area contributed by atoms with Crippen molar-refractivity contribution in [1.82, 2.24) is 0 Å². The molecule has 1 aromatic rings. The Morgan fingerprint density at radius 1 is 1.40 bits per heavy atom. The summed E-state index contributed by atoms with van der Waals surface area (Å²) in [6, 6.07) is 4.16. The quantitative estimate of drug-likeness (QED) is 0.697. The molecule has 0 N–H and O–H groups in total. The first kappa shape index (κ1) is 12.2. The van der Waals surface area contributed by atoms with Gasteiger partial charge in [0.1, 0.15) is 5.82 Å². The van der Waals surface area contributed by atoms with Crippen LogP contribution in [0, 0.1) is 11.2 Å². The molecule has 0 atom stereocenters. The Balaban J connectivity index is 2.88. The van der Waals surface area contributed by atoms with E-state index < -0.39 is 5.82 Å². The summed E-state index contributed by atoms with van der Waals surface area (Å²) < 4.78 is 13.1. The SMILES string of the molecule is CC(C)(C)CC(=O)c1ccc(Cl)c(F)c1. The fourth-order valence-electron chi connectivity index (χ4n) is 1.25. The predicted octanol–water partition coefficient (Wildman–Crippen LogP) is 4.10. The summed E-state index contributed by atoms with van der Waals surface area (Å²) in [4.78, 5) is 11.7. The van der Waals surface area contributed by atoms with E-state index in [0.717, 1.165) is 0 Å². The van der Waals surface area contributed by atoms with E-state index in [9.17, 15) is 9.18 Å². The minimum absolute atomic E-state index is 0.0438. The van der Waals surface area contributed by atoms with Crippen molar-refractivity contribution in [1.29, 1.82) is 0 Å². The molecule has 0 saturated heterocycles. The average molecular weight is 229 g/mol. The number of rotatable bonds is 2. The van der Waals surface area contributed by atoms with Crippen molar-refractivity contribution in [2.75, 3.05) is 0 Å². The molecule has 0 bridgehead atoms. The zero-order chi connectivity index (χ0) is 11.6. The molecular formula is C12H14ClFO. The average Bonchev–Trinajstić information content (AvgIpc) is 2.06. The van der Waals surface area contributed by atoms with Gasteiger partial charge in [0.05, 0.1) is 5.02 Å². The van der Waals surface area contributed by atoms with Crippen LogP contribution in [0.15, 0.2) is 18.2 Å². The minimum atomic E-state index is -0.545. The van der Waals surface area contributed by atoms with Gasteiger partial charge in [-0.1, -0.05) is 32.4 Å². The number of carbonyl (C=O) groups is 1. The summed E-state index contributed by atoms with van der Waals surface area (Å²) in [5, 5.41) is 0.0438. The van der Waals surface area contributed by atoms with Gasteiger partial charge >= 0.3 is 0 Å². The van der Waals surface area contributed by atoms with E-state index in [1.807, 2.05) is 20.8 Å². The highest BCUT2D eigenvalue weighted by Gasteiger charge is 2.17. The molecule has 0 aliphatic carbocycles. The molecule has 1 rings (SSSR count). The van der Waals surface area contributed by atoms with Crippen LogP contribution >= 0.6 is 11.6 Å². The first-order valence-electron chi connectivity index (χ1n) is 4.78. The van der Waals surface area contributed by atoms with Gasteiger partial charge in [-0.2, -0.15) is 0 Å². The highest BCUT2D eigenvalue weighted by atomic mass is 35.5. The Morgan fingerprint density at radius 2 is 2.00 bits per heavy atom. The standard InChI is InChI=1S/C12H14ClFO/c1-12(2,3)7-11(15)8-4-5-9(13)10(14)6-8/h4-6H,7H2,1-3H3. The number of hydrogen-bond acceptors (Lipinski definition) is 1. The largest absolute Gasteiger partial charge is 0.294 e. The second-order valence-electron chi connectivity index (χ2n) is 4.79. The van der Waals surface area contributed by atoms with E-state index in [0.29, 0.717) is 12.0 Å². The van der Waals surface area contributed by atoms with E-state index in [-0.39, 0.29) is 16.2 Å². The predicted molar refractivity (Wildman–Crippen MR) is 59.8 cm³/mol. The second-order valence-corrected chi connectivity index (χ2v) is 5.20. The first-order valence-corrected chi connectivity index (χ1v) is 5.16. The van der Waals surface area contributed by atoms with Crippen molar-refractivity contribution in [3.05, 3.63) is 34.6 Å². The van der Waals surface area contributed by atoms with Crippen LogP contribution in [0.2, 0.25) is 5.02 Å². The lowest BCUT2D eigenvalue weighted by Crippen LogP contribution is -2.13. The van der Waals surface area contributed by atoms with Crippen LogP contribution in [0.3, 0.4) is 0 Å². The number of hydrogen-bond donors (Lipinski definition) is 0. The third-order valence-corrected chi connectivity index (χ3v) is 2.24. The van der Waals surface area contributed by atoms with Gasteiger partial charge in [-0.25, -0.2) is 4.39 Å². The van der Waals surface area contributed by atoms with Gasteiger partial charge in [0.2, 0.25) is 0 Å². The van der Waals surface area contributed by atoms with Crippen LogP contribution in [-0.4, -0.2) is 5.78 Å².